The third-order valence-electron chi connectivity index (χ3n) is 7.17. The molecule has 3 rings (SSSR count). The van der Waals surface area contributed by atoms with Gasteiger partial charge in [0, 0.05) is 0 Å². The Labute approximate surface area is 259 Å². The highest BCUT2D eigenvalue weighted by atomic mass is 31.2. The lowest BCUT2D eigenvalue weighted by Crippen LogP contribution is -2.64. The largest absolute Gasteiger partial charge is 0.470 e. The van der Waals surface area contributed by atoms with E-state index in [2.05, 4.69) is 9.05 Å². The molecule has 3 aliphatic rings. The van der Waals surface area contributed by atoms with E-state index in [0.29, 0.717) is 0 Å². The zero-order valence-corrected chi connectivity index (χ0v) is 25.6. The summed E-state index contributed by atoms with van der Waals surface area (Å²) in [6.07, 6.45) is -27.1. The number of phosphoric ester groups is 2. The number of aliphatic hydroxyl groups excluding tert-OH is 9. The van der Waals surface area contributed by atoms with Crippen LogP contribution >= 0.6 is 15.6 Å². The van der Waals surface area contributed by atoms with Crippen LogP contribution in [-0.2, 0) is 46.6 Å². The Balaban J connectivity index is 1.60. The van der Waals surface area contributed by atoms with Crippen LogP contribution in [0.4, 0.5) is 0 Å². The average molecular weight is 722 g/mol. The van der Waals surface area contributed by atoms with Crippen molar-refractivity contribution in [3.63, 3.8) is 0 Å². The highest BCUT2D eigenvalue weighted by Gasteiger charge is 2.51. The van der Waals surface area contributed by atoms with Gasteiger partial charge in [-0.3, -0.25) is 9.05 Å². The maximum absolute atomic E-state index is 11.2. The molecule has 272 valence electrons. The molecule has 3 saturated heterocycles. The molecule has 3 heterocycles. The topological polar surface area (TPSA) is 371 Å². The summed E-state index contributed by atoms with van der Waals surface area (Å²) < 4.78 is 62.9. The molecular formula is C21H40O23P2. The Hall–Kier alpha value is -0.380. The lowest BCUT2D eigenvalue weighted by Gasteiger charge is -2.46. The number of aliphatic hydroxyl groups is 9. The second kappa shape index (κ2) is 16.6. The van der Waals surface area contributed by atoms with Crippen molar-refractivity contribution in [3.8, 4) is 0 Å². The molecular weight excluding hydrogens is 682 g/mol. The Morgan fingerprint density at radius 2 is 1.15 bits per heavy atom. The smallest absolute Gasteiger partial charge is 0.394 e. The highest BCUT2D eigenvalue weighted by molar-refractivity contribution is 7.46. The molecule has 0 amide bonds. The maximum atomic E-state index is 11.2. The van der Waals surface area contributed by atoms with Gasteiger partial charge in [0.25, 0.3) is 0 Å². The van der Waals surface area contributed by atoms with Crippen LogP contribution in [0, 0.1) is 0 Å². The molecule has 23 nitrogen and oxygen atoms in total. The summed E-state index contributed by atoms with van der Waals surface area (Å²) in [5, 5.41) is 91.7. The fourth-order valence-corrected chi connectivity index (χ4v) is 5.60. The summed E-state index contributed by atoms with van der Waals surface area (Å²) in [4.78, 5) is 35.8. The number of ether oxygens (including phenoxy) is 6. The molecule has 13 N–H and O–H groups in total. The fraction of sp³-hybridized carbons (Fsp3) is 1.00. The molecule has 0 aliphatic carbocycles. The maximum Gasteiger partial charge on any atom is 0.470 e. The van der Waals surface area contributed by atoms with Gasteiger partial charge in [0.15, 0.2) is 18.9 Å². The zero-order valence-electron chi connectivity index (χ0n) is 23.9. The van der Waals surface area contributed by atoms with Crippen molar-refractivity contribution in [1.29, 1.82) is 0 Å². The van der Waals surface area contributed by atoms with Crippen LogP contribution in [0.2, 0.25) is 0 Å². The van der Waals surface area contributed by atoms with E-state index >= 15 is 0 Å². The Morgan fingerprint density at radius 3 is 1.72 bits per heavy atom. The predicted molar refractivity (Wildman–Crippen MR) is 138 cm³/mol. The average Bonchev–Trinajstić information content (AvgIpc) is 2.96. The summed E-state index contributed by atoms with van der Waals surface area (Å²) in [6.45, 7) is -2.10. The lowest BCUT2D eigenvalue weighted by molar-refractivity contribution is -0.361. The van der Waals surface area contributed by atoms with E-state index in [0.717, 1.165) is 0 Å². The van der Waals surface area contributed by atoms with Crippen LogP contribution in [0.1, 0.15) is 6.92 Å². The van der Waals surface area contributed by atoms with Gasteiger partial charge in [0.1, 0.15) is 73.2 Å². The monoisotopic (exact) mass is 722 g/mol. The first-order valence-corrected chi connectivity index (χ1v) is 16.6. The van der Waals surface area contributed by atoms with E-state index in [1.54, 1.807) is 0 Å². The Morgan fingerprint density at radius 1 is 0.630 bits per heavy atom. The van der Waals surface area contributed by atoms with Crippen molar-refractivity contribution in [2.75, 3.05) is 26.4 Å². The van der Waals surface area contributed by atoms with Gasteiger partial charge in [-0.2, -0.15) is 0 Å². The van der Waals surface area contributed by atoms with E-state index in [1.807, 2.05) is 0 Å². The third-order valence-corrected chi connectivity index (χ3v) is 8.23. The van der Waals surface area contributed by atoms with E-state index < -0.39 is 140 Å². The molecule has 0 aromatic rings. The molecule has 3 fully saturated rings. The minimum absolute atomic E-state index is 0.700. The molecule has 16 atom stereocenters. The van der Waals surface area contributed by atoms with Gasteiger partial charge in [-0.1, -0.05) is 0 Å². The van der Waals surface area contributed by atoms with Gasteiger partial charge in [0.2, 0.25) is 0 Å². The SMILES string of the molecule is CC1OC(OCC2OC(OCC(COP(=O)(O)O)OP(=O)(O)O)C(O)C(O)C2O)C(O)C(O)C1OC1OC(CO)C(O)C(O)C1O. The molecule has 3 aliphatic heterocycles. The van der Waals surface area contributed by atoms with Gasteiger partial charge >= 0.3 is 15.6 Å². The highest BCUT2D eigenvalue weighted by Crippen LogP contribution is 2.41. The van der Waals surface area contributed by atoms with Gasteiger partial charge < -0.3 is 94.0 Å². The van der Waals surface area contributed by atoms with Gasteiger partial charge in [-0.05, 0) is 6.92 Å². The van der Waals surface area contributed by atoms with Crippen LogP contribution in [0.15, 0.2) is 0 Å². The number of phosphoric acid groups is 2. The van der Waals surface area contributed by atoms with E-state index in [4.69, 9.17) is 48.0 Å². The van der Waals surface area contributed by atoms with Crippen molar-refractivity contribution in [2.45, 2.75) is 105 Å². The summed E-state index contributed by atoms with van der Waals surface area (Å²) in [5.41, 5.74) is 0. The lowest BCUT2D eigenvalue weighted by atomic mass is 9.97. The summed E-state index contributed by atoms with van der Waals surface area (Å²) in [5.74, 6) is 0. The number of rotatable bonds is 14. The summed E-state index contributed by atoms with van der Waals surface area (Å²) >= 11 is 0. The standard InChI is InChI=1S/C21H40O23P2/c1-6-18(43-21-16(29)12(25)10(23)8(2-22)41-21)14(27)17(30)19(40-6)38-5-9-11(24)13(26)15(28)20(42-9)37-3-7(44-46(34,35)36)4-39-45(31,32)33/h6-30H,2-5H2,1H3,(H2,31,32,33)(H2,34,35,36). The minimum Gasteiger partial charge on any atom is -0.394 e. The molecule has 16 unspecified atom stereocenters. The van der Waals surface area contributed by atoms with Crippen molar-refractivity contribution in [2.24, 2.45) is 0 Å². The van der Waals surface area contributed by atoms with Crippen LogP contribution < -0.4 is 0 Å². The van der Waals surface area contributed by atoms with Gasteiger partial charge in [0.05, 0.1) is 32.5 Å². The number of hydrogen-bond acceptors (Lipinski definition) is 19. The van der Waals surface area contributed by atoms with Crippen molar-refractivity contribution < 1.29 is 112 Å². The van der Waals surface area contributed by atoms with Crippen LogP contribution in [0.5, 0.6) is 0 Å². The molecule has 0 aromatic carbocycles. The number of hydrogen-bond donors (Lipinski definition) is 13. The Bertz CT molecular complexity index is 1040. The molecule has 46 heavy (non-hydrogen) atoms. The normalized spacial score (nSPS) is 43.4. The third kappa shape index (κ3) is 10.6. The van der Waals surface area contributed by atoms with Crippen molar-refractivity contribution in [3.05, 3.63) is 0 Å². The first-order valence-electron chi connectivity index (χ1n) is 13.6. The van der Waals surface area contributed by atoms with Gasteiger partial charge in [-0.25, -0.2) is 9.13 Å². The Kier molecular flexibility index (Phi) is 14.4. The minimum atomic E-state index is -5.24. The van der Waals surface area contributed by atoms with Crippen LogP contribution in [-0.4, -0.2) is 190 Å². The first kappa shape index (κ1) is 40.1. The van der Waals surface area contributed by atoms with E-state index in [1.165, 1.54) is 6.92 Å². The molecule has 0 aromatic heterocycles. The molecule has 0 spiro atoms. The second-order valence-electron chi connectivity index (χ2n) is 10.7. The summed E-state index contributed by atoms with van der Waals surface area (Å²) in [6, 6.07) is 0. The predicted octanol–water partition coefficient (Wildman–Crippen LogP) is -6.93. The quantitative estimate of drug-likeness (QED) is 0.0741. The van der Waals surface area contributed by atoms with Crippen molar-refractivity contribution >= 4 is 15.6 Å². The van der Waals surface area contributed by atoms with E-state index in [-0.39, 0.29) is 0 Å². The van der Waals surface area contributed by atoms with Crippen LogP contribution in [0.25, 0.3) is 0 Å². The summed E-state index contributed by atoms with van der Waals surface area (Å²) in [7, 11) is -10.3. The molecule has 0 bridgehead atoms. The molecule has 0 radical (unpaired) electrons. The molecule has 0 saturated carbocycles. The first-order chi connectivity index (χ1) is 21.2. The van der Waals surface area contributed by atoms with E-state index in [9.17, 15) is 55.1 Å². The van der Waals surface area contributed by atoms with Gasteiger partial charge in [-0.15, -0.1) is 0 Å². The fourth-order valence-electron chi connectivity index (χ4n) is 4.73. The van der Waals surface area contributed by atoms with Crippen LogP contribution in [0.3, 0.4) is 0 Å². The second-order valence-corrected chi connectivity index (χ2v) is 13.1. The molecule has 25 heteroatoms. The zero-order chi connectivity index (χ0) is 34.7. The van der Waals surface area contributed by atoms with Crippen molar-refractivity contribution in [1.82, 2.24) is 0 Å².